The normalized spacial score (nSPS) is 14.3. The van der Waals surface area contributed by atoms with E-state index in [-0.39, 0.29) is 12.1 Å². The minimum absolute atomic E-state index is 0.205. The van der Waals surface area contributed by atoms with Crippen LogP contribution in [0.15, 0.2) is 85.1 Å². The van der Waals surface area contributed by atoms with Crippen LogP contribution in [0, 0.1) is 0 Å². The molecule has 4 aromatic rings. The fourth-order valence-corrected chi connectivity index (χ4v) is 4.71. The number of amides is 2. The number of carbonyl (C=O) groups is 1. The first-order chi connectivity index (χ1) is 17.6. The van der Waals surface area contributed by atoms with Crippen LogP contribution in [0.4, 0.5) is 10.5 Å². The van der Waals surface area contributed by atoms with Crippen LogP contribution in [0.5, 0.6) is 17.2 Å². The van der Waals surface area contributed by atoms with Gasteiger partial charge in [-0.25, -0.2) is 4.79 Å². The van der Waals surface area contributed by atoms with Gasteiger partial charge in [-0.3, -0.25) is 0 Å². The van der Waals surface area contributed by atoms with Crippen molar-refractivity contribution in [3.05, 3.63) is 102 Å². The number of fused-ring (bicyclic) bond motifs is 3. The van der Waals surface area contributed by atoms with Crippen molar-refractivity contribution in [2.24, 2.45) is 0 Å². The van der Waals surface area contributed by atoms with E-state index >= 15 is 0 Å². The second kappa shape index (κ2) is 10.1. The number of carbonyl (C=O) groups excluding carboxylic acids is 1. The van der Waals surface area contributed by atoms with E-state index in [4.69, 9.17) is 14.2 Å². The van der Waals surface area contributed by atoms with Crippen LogP contribution in [0.25, 0.3) is 5.69 Å². The first kappa shape index (κ1) is 23.4. The van der Waals surface area contributed by atoms with Crippen LogP contribution in [0.3, 0.4) is 0 Å². The Labute approximate surface area is 210 Å². The van der Waals surface area contributed by atoms with Crippen molar-refractivity contribution >= 4 is 11.7 Å². The van der Waals surface area contributed by atoms with Crippen molar-refractivity contribution in [2.75, 3.05) is 26.1 Å². The number of methoxy groups -OCH3 is 2. The average Bonchev–Trinajstić information content (AvgIpc) is 3.33. The fraction of sp³-hybridized carbons (Fsp3) is 0.207. The highest BCUT2D eigenvalue weighted by molar-refractivity contribution is 5.90. The van der Waals surface area contributed by atoms with Gasteiger partial charge in [-0.05, 0) is 72.6 Å². The van der Waals surface area contributed by atoms with E-state index in [9.17, 15) is 4.79 Å². The van der Waals surface area contributed by atoms with Gasteiger partial charge in [0.15, 0.2) is 11.5 Å². The van der Waals surface area contributed by atoms with Crippen LogP contribution in [0.1, 0.15) is 29.8 Å². The van der Waals surface area contributed by atoms with E-state index < -0.39 is 0 Å². The van der Waals surface area contributed by atoms with E-state index in [1.54, 1.807) is 14.2 Å². The molecule has 7 heteroatoms. The molecule has 1 aliphatic rings. The van der Waals surface area contributed by atoms with E-state index in [0.29, 0.717) is 30.3 Å². The zero-order valence-corrected chi connectivity index (χ0v) is 20.6. The lowest BCUT2D eigenvalue weighted by molar-refractivity contribution is 0.194. The summed E-state index contributed by atoms with van der Waals surface area (Å²) in [6.07, 6.45) is 2.04. The number of nitrogens with one attached hydrogen (secondary N) is 1. The van der Waals surface area contributed by atoms with Crippen molar-refractivity contribution in [1.82, 2.24) is 9.47 Å². The van der Waals surface area contributed by atoms with Crippen molar-refractivity contribution in [2.45, 2.75) is 19.5 Å². The molecule has 0 saturated carbocycles. The Morgan fingerprint density at radius 3 is 2.47 bits per heavy atom. The summed E-state index contributed by atoms with van der Waals surface area (Å²) in [4.78, 5) is 15.7. The molecule has 1 atom stereocenters. The summed E-state index contributed by atoms with van der Waals surface area (Å²) in [7, 11) is 3.23. The molecule has 0 unspecified atom stereocenters. The summed E-state index contributed by atoms with van der Waals surface area (Å²) in [6, 6.07) is 24.9. The maximum atomic E-state index is 13.9. The van der Waals surface area contributed by atoms with Gasteiger partial charge < -0.3 is 29.0 Å². The second-order valence-corrected chi connectivity index (χ2v) is 8.46. The number of nitrogens with zero attached hydrogens (tertiary/aromatic N) is 2. The van der Waals surface area contributed by atoms with Crippen LogP contribution in [-0.4, -0.2) is 36.3 Å². The number of ether oxygens (including phenoxy) is 3. The van der Waals surface area contributed by atoms with Gasteiger partial charge in [0.05, 0.1) is 39.1 Å². The zero-order chi connectivity index (χ0) is 25.1. The molecule has 7 nitrogen and oxygen atoms in total. The van der Waals surface area contributed by atoms with Crippen molar-refractivity contribution in [3.63, 3.8) is 0 Å². The minimum Gasteiger partial charge on any atom is -0.494 e. The third-order valence-electron chi connectivity index (χ3n) is 6.36. The largest absolute Gasteiger partial charge is 0.494 e. The topological polar surface area (TPSA) is 65.0 Å². The second-order valence-electron chi connectivity index (χ2n) is 8.46. The summed E-state index contributed by atoms with van der Waals surface area (Å²) in [6.45, 7) is 2.96. The molecule has 36 heavy (non-hydrogen) atoms. The van der Waals surface area contributed by atoms with Crippen LogP contribution in [0.2, 0.25) is 0 Å². The lowest BCUT2D eigenvalue weighted by atomic mass is 10.0. The molecular formula is C29H29N3O4. The van der Waals surface area contributed by atoms with Gasteiger partial charge in [-0.2, -0.15) is 0 Å². The number of urea groups is 1. The summed E-state index contributed by atoms with van der Waals surface area (Å²) >= 11 is 0. The molecule has 3 aromatic carbocycles. The lowest BCUT2D eigenvalue weighted by Gasteiger charge is -2.31. The first-order valence-electron chi connectivity index (χ1n) is 11.9. The molecule has 2 amide bonds. The van der Waals surface area contributed by atoms with E-state index in [1.165, 1.54) is 0 Å². The van der Waals surface area contributed by atoms with Gasteiger partial charge in [0.25, 0.3) is 0 Å². The minimum atomic E-state index is -0.366. The van der Waals surface area contributed by atoms with Crippen LogP contribution in [-0.2, 0) is 6.54 Å². The van der Waals surface area contributed by atoms with Crippen molar-refractivity contribution in [3.8, 4) is 22.9 Å². The van der Waals surface area contributed by atoms with Crippen molar-refractivity contribution < 1.29 is 19.0 Å². The molecular weight excluding hydrogens is 454 g/mol. The molecule has 1 N–H and O–H groups in total. The van der Waals surface area contributed by atoms with Gasteiger partial charge in [0.2, 0.25) is 0 Å². The smallest absolute Gasteiger partial charge is 0.322 e. The zero-order valence-electron chi connectivity index (χ0n) is 20.6. The summed E-state index contributed by atoms with van der Waals surface area (Å²) < 4.78 is 18.7. The predicted octanol–water partition coefficient (Wildman–Crippen LogP) is 6.03. The van der Waals surface area contributed by atoms with E-state index in [1.807, 2.05) is 78.7 Å². The number of hydrogen-bond acceptors (Lipinski definition) is 4. The number of anilines is 1. The molecule has 5 rings (SSSR count). The Morgan fingerprint density at radius 2 is 1.72 bits per heavy atom. The van der Waals surface area contributed by atoms with Crippen LogP contribution >= 0.6 is 0 Å². The van der Waals surface area contributed by atoms with Gasteiger partial charge in [0.1, 0.15) is 5.75 Å². The first-order valence-corrected chi connectivity index (χ1v) is 11.9. The SMILES string of the molecule is CCOc1ccc(NC(=O)N2Cc3ccccc3-n3cccc3[C@H]2c2ccc(OC)c(OC)c2)cc1. The van der Waals surface area contributed by atoms with Crippen molar-refractivity contribution in [1.29, 1.82) is 0 Å². The predicted molar refractivity (Wildman–Crippen MR) is 139 cm³/mol. The average molecular weight is 484 g/mol. The quantitative estimate of drug-likeness (QED) is 0.364. The Balaban J connectivity index is 1.58. The molecule has 0 bridgehead atoms. The fourth-order valence-electron chi connectivity index (χ4n) is 4.71. The van der Waals surface area contributed by atoms with Gasteiger partial charge >= 0.3 is 6.03 Å². The highest BCUT2D eigenvalue weighted by Gasteiger charge is 2.33. The van der Waals surface area contributed by atoms with E-state index in [0.717, 1.165) is 28.3 Å². The highest BCUT2D eigenvalue weighted by atomic mass is 16.5. The molecule has 0 fully saturated rings. The molecule has 0 saturated heterocycles. The highest BCUT2D eigenvalue weighted by Crippen LogP contribution is 2.39. The van der Waals surface area contributed by atoms with E-state index in [2.05, 4.69) is 28.1 Å². The number of rotatable bonds is 6. The Hall–Kier alpha value is -4.39. The number of para-hydroxylation sites is 1. The third kappa shape index (κ3) is 4.35. The molecule has 0 radical (unpaired) electrons. The maximum Gasteiger partial charge on any atom is 0.322 e. The third-order valence-corrected chi connectivity index (χ3v) is 6.36. The standard InChI is InChI=1S/C29H29N3O4/c1-4-36-23-14-12-22(13-15-23)30-29(33)32-19-21-8-5-6-9-24(21)31-17-7-10-25(31)28(32)20-11-16-26(34-2)27(18-20)35-3/h5-18,28H,4,19H2,1-3H3,(H,30,33)/t28-/m1/s1. The van der Waals surface area contributed by atoms with Crippen LogP contribution < -0.4 is 19.5 Å². The van der Waals surface area contributed by atoms with Gasteiger partial charge in [0, 0.05) is 17.6 Å². The summed E-state index contributed by atoms with van der Waals surface area (Å²) in [5.74, 6) is 2.01. The lowest BCUT2D eigenvalue weighted by Crippen LogP contribution is -2.37. The van der Waals surface area contributed by atoms with Gasteiger partial charge in [-0.1, -0.05) is 24.3 Å². The monoisotopic (exact) mass is 483 g/mol. The summed E-state index contributed by atoms with van der Waals surface area (Å²) in [5.41, 5.74) is 4.71. The molecule has 184 valence electrons. The number of aromatic nitrogens is 1. The number of hydrogen-bond donors (Lipinski definition) is 1. The molecule has 1 aliphatic heterocycles. The Bertz CT molecular complexity index is 1360. The molecule has 0 aliphatic carbocycles. The Kier molecular flexibility index (Phi) is 6.54. The number of benzene rings is 3. The maximum absolute atomic E-state index is 13.9. The molecule has 1 aromatic heterocycles. The molecule has 0 spiro atoms. The Morgan fingerprint density at radius 1 is 0.944 bits per heavy atom. The van der Waals surface area contributed by atoms with Gasteiger partial charge in [-0.15, -0.1) is 0 Å². The molecule has 2 heterocycles. The summed E-state index contributed by atoms with van der Waals surface area (Å²) in [5, 5.41) is 3.08.